The van der Waals surface area contributed by atoms with Crippen LogP contribution in [0.3, 0.4) is 0 Å². The van der Waals surface area contributed by atoms with Crippen molar-refractivity contribution in [3.8, 4) is 0 Å². The average Bonchev–Trinajstić information content (AvgIpc) is 1.85. The van der Waals surface area contributed by atoms with E-state index in [2.05, 4.69) is 20.8 Å². The van der Waals surface area contributed by atoms with Gasteiger partial charge in [-0.15, -0.1) is 11.6 Å². The molecule has 0 saturated carbocycles. The SMILES string of the molecule is CC(C)CSC(C)CCCl. The zero-order chi connectivity index (χ0) is 7.98. The van der Waals surface area contributed by atoms with Crippen LogP contribution in [0, 0.1) is 5.92 Å². The van der Waals surface area contributed by atoms with Crippen molar-refractivity contribution in [2.24, 2.45) is 5.92 Å². The molecule has 0 spiro atoms. The van der Waals surface area contributed by atoms with Crippen molar-refractivity contribution in [2.45, 2.75) is 32.4 Å². The highest BCUT2D eigenvalue weighted by Crippen LogP contribution is 2.17. The minimum absolute atomic E-state index is 0.736. The summed E-state index contributed by atoms with van der Waals surface area (Å²) >= 11 is 7.62. The van der Waals surface area contributed by atoms with Gasteiger partial charge in [0.15, 0.2) is 0 Å². The molecule has 0 aliphatic heterocycles. The third kappa shape index (κ3) is 6.76. The van der Waals surface area contributed by atoms with Crippen LogP contribution in [0.2, 0.25) is 0 Å². The normalized spacial score (nSPS) is 14.1. The third-order valence-electron chi connectivity index (χ3n) is 1.23. The average molecular weight is 181 g/mol. The molecule has 2 heteroatoms. The van der Waals surface area contributed by atoms with Crippen molar-refractivity contribution in [3.05, 3.63) is 0 Å². The smallest absolute Gasteiger partial charge is 0.0233 e. The van der Waals surface area contributed by atoms with E-state index in [4.69, 9.17) is 11.6 Å². The fourth-order valence-corrected chi connectivity index (χ4v) is 2.05. The van der Waals surface area contributed by atoms with Crippen molar-refractivity contribution in [2.75, 3.05) is 11.6 Å². The van der Waals surface area contributed by atoms with E-state index < -0.39 is 0 Å². The molecule has 1 unspecified atom stereocenters. The Hall–Kier alpha value is 0.640. The standard InChI is InChI=1S/C8H17ClS/c1-7(2)6-10-8(3)4-5-9/h7-8H,4-6H2,1-3H3. The van der Waals surface area contributed by atoms with E-state index >= 15 is 0 Å². The summed E-state index contributed by atoms with van der Waals surface area (Å²) in [7, 11) is 0. The van der Waals surface area contributed by atoms with Crippen molar-refractivity contribution in [1.29, 1.82) is 0 Å². The highest BCUT2D eigenvalue weighted by Gasteiger charge is 2.02. The molecule has 0 aliphatic rings. The molecule has 0 saturated heterocycles. The van der Waals surface area contributed by atoms with Crippen LogP contribution in [0.1, 0.15) is 27.2 Å². The van der Waals surface area contributed by atoms with Gasteiger partial charge in [0.25, 0.3) is 0 Å². The van der Waals surface area contributed by atoms with Crippen LogP contribution in [0.5, 0.6) is 0 Å². The van der Waals surface area contributed by atoms with E-state index in [1.807, 2.05) is 11.8 Å². The fraction of sp³-hybridized carbons (Fsp3) is 1.00. The van der Waals surface area contributed by atoms with Gasteiger partial charge >= 0.3 is 0 Å². The molecular formula is C8H17ClS. The first-order valence-electron chi connectivity index (χ1n) is 3.84. The molecule has 0 aromatic carbocycles. The zero-order valence-electron chi connectivity index (χ0n) is 7.06. The number of alkyl halides is 1. The first kappa shape index (κ1) is 10.6. The van der Waals surface area contributed by atoms with Crippen molar-refractivity contribution >= 4 is 23.4 Å². The van der Waals surface area contributed by atoms with Crippen LogP contribution in [0.15, 0.2) is 0 Å². The van der Waals surface area contributed by atoms with Gasteiger partial charge in [-0.05, 0) is 18.1 Å². The summed E-state index contributed by atoms with van der Waals surface area (Å²) < 4.78 is 0. The summed E-state index contributed by atoms with van der Waals surface area (Å²) in [5.41, 5.74) is 0. The summed E-state index contributed by atoms with van der Waals surface area (Å²) in [6.45, 7) is 6.75. The second-order valence-electron chi connectivity index (χ2n) is 3.02. The maximum Gasteiger partial charge on any atom is 0.0233 e. The van der Waals surface area contributed by atoms with Crippen LogP contribution in [-0.4, -0.2) is 16.9 Å². The molecule has 0 bridgehead atoms. The Morgan fingerprint density at radius 2 is 1.90 bits per heavy atom. The van der Waals surface area contributed by atoms with Gasteiger partial charge in [0.05, 0.1) is 0 Å². The Morgan fingerprint density at radius 1 is 1.30 bits per heavy atom. The zero-order valence-corrected chi connectivity index (χ0v) is 8.63. The topological polar surface area (TPSA) is 0 Å². The number of hydrogen-bond acceptors (Lipinski definition) is 1. The number of rotatable bonds is 5. The van der Waals surface area contributed by atoms with Crippen molar-refractivity contribution < 1.29 is 0 Å². The number of thioether (sulfide) groups is 1. The van der Waals surface area contributed by atoms with Crippen molar-refractivity contribution in [3.63, 3.8) is 0 Å². The van der Waals surface area contributed by atoms with Gasteiger partial charge in [-0.3, -0.25) is 0 Å². The lowest BCUT2D eigenvalue weighted by atomic mass is 10.3. The van der Waals surface area contributed by atoms with Crippen LogP contribution in [0.25, 0.3) is 0 Å². The molecule has 0 aromatic heterocycles. The maximum atomic E-state index is 5.60. The number of halogens is 1. The minimum Gasteiger partial charge on any atom is -0.159 e. The molecule has 0 N–H and O–H groups in total. The molecule has 0 aromatic rings. The Balaban J connectivity index is 3.12. The fourth-order valence-electron chi connectivity index (χ4n) is 0.594. The summed E-state index contributed by atoms with van der Waals surface area (Å²) in [6, 6.07) is 0. The Bertz CT molecular complexity index is 73.7. The third-order valence-corrected chi connectivity index (χ3v) is 3.11. The van der Waals surface area contributed by atoms with Gasteiger partial charge in [0.2, 0.25) is 0 Å². The molecule has 10 heavy (non-hydrogen) atoms. The van der Waals surface area contributed by atoms with Gasteiger partial charge in [0.1, 0.15) is 0 Å². The van der Waals surface area contributed by atoms with E-state index in [1.54, 1.807) is 0 Å². The minimum atomic E-state index is 0.736. The molecule has 0 aliphatic carbocycles. The molecule has 1 atom stereocenters. The van der Waals surface area contributed by atoms with E-state index in [-0.39, 0.29) is 0 Å². The van der Waals surface area contributed by atoms with E-state index in [0.29, 0.717) is 0 Å². The van der Waals surface area contributed by atoms with Gasteiger partial charge in [-0.2, -0.15) is 11.8 Å². The summed E-state index contributed by atoms with van der Waals surface area (Å²) in [5.74, 6) is 2.87. The van der Waals surface area contributed by atoms with Crippen LogP contribution in [0.4, 0.5) is 0 Å². The lowest BCUT2D eigenvalue weighted by molar-refractivity contribution is 0.745. The Labute approximate surface area is 73.7 Å². The van der Waals surface area contributed by atoms with Crippen LogP contribution in [-0.2, 0) is 0 Å². The van der Waals surface area contributed by atoms with Gasteiger partial charge in [-0.25, -0.2) is 0 Å². The predicted octanol–water partition coefficient (Wildman–Crippen LogP) is 3.39. The lowest BCUT2D eigenvalue weighted by Gasteiger charge is -2.10. The lowest BCUT2D eigenvalue weighted by Crippen LogP contribution is -2.01. The largest absolute Gasteiger partial charge is 0.159 e. The van der Waals surface area contributed by atoms with Gasteiger partial charge in [-0.1, -0.05) is 20.8 Å². The molecule has 0 nitrogen and oxygen atoms in total. The molecule has 0 rings (SSSR count). The number of hydrogen-bond donors (Lipinski definition) is 0. The highest BCUT2D eigenvalue weighted by molar-refractivity contribution is 7.99. The summed E-state index contributed by atoms with van der Waals surface area (Å²) in [5, 5.41) is 0.736. The molecular weight excluding hydrogens is 164 g/mol. The second-order valence-corrected chi connectivity index (χ2v) is 4.86. The predicted molar refractivity (Wildman–Crippen MR) is 52.1 cm³/mol. The Morgan fingerprint density at radius 3 is 2.30 bits per heavy atom. The van der Waals surface area contributed by atoms with Crippen LogP contribution < -0.4 is 0 Å². The highest BCUT2D eigenvalue weighted by atomic mass is 35.5. The first-order valence-corrected chi connectivity index (χ1v) is 5.42. The summed E-state index contributed by atoms with van der Waals surface area (Å²) in [6.07, 6.45) is 1.14. The molecule has 0 radical (unpaired) electrons. The monoisotopic (exact) mass is 180 g/mol. The van der Waals surface area contributed by atoms with Gasteiger partial charge < -0.3 is 0 Å². The molecule has 0 amide bonds. The van der Waals surface area contributed by atoms with Gasteiger partial charge in [0, 0.05) is 11.1 Å². The summed E-state index contributed by atoms with van der Waals surface area (Å²) in [4.78, 5) is 0. The Kier molecular flexibility index (Phi) is 6.76. The van der Waals surface area contributed by atoms with Crippen LogP contribution >= 0.6 is 23.4 Å². The quantitative estimate of drug-likeness (QED) is 0.585. The second kappa shape index (κ2) is 6.36. The van der Waals surface area contributed by atoms with E-state index in [9.17, 15) is 0 Å². The maximum absolute atomic E-state index is 5.60. The first-order chi connectivity index (χ1) is 4.66. The molecule has 0 heterocycles. The molecule has 62 valence electrons. The van der Waals surface area contributed by atoms with Crippen molar-refractivity contribution in [1.82, 2.24) is 0 Å². The van der Waals surface area contributed by atoms with E-state index in [0.717, 1.165) is 23.5 Å². The molecule has 0 fully saturated rings. The van der Waals surface area contributed by atoms with E-state index in [1.165, 1.54) is 5.75 Å².